The first kappa shape index (κ1) is 16.2. The zero-order valence-corrected chi connectivity index (χ0v) is 12.7. The zero-order chi connectivity index (χ0) is 15.4. The molecule has 0 saturated heterocycles. The van der Waals surface area contributed by atoms with Gasteiger partial charge < -0.3 is 10.4 Å². The lowest BCUT2D eigenvalue weighted by Crippen LogP contribution is -2.45. The minimum atomic E-state index is -1.01. The average Bonchev–Trinajstić information content (AvgIpc) is 2.76. The number of carboxylic acid groups (broad SMARTS) is 1. The van der Waals surface area contributed by atoms with Crippen LogP contribution in [0.15, 0.2) is 6.20 Å². The molecule has 1 heterocycles. The lowest BCUT2D eigenvalue weighted by atomic mass is 9.99. The van der Waals surface area contributed by atoms with Crippen molar-refractivity contribution >= 4 is 11.9 Å². The van der Waals surface area contributed by atoms with Crippen LogP contribution in [0, 0.1) is 12.8 Å². The first-order valence-corrected chi connectivity index (χ1v) is 6.87. The molecule has 0 radical (unpaired) electrons. The van der Waals surface area contributed by atoms with Crippen molar-refractivity contribution < 1.29 is 14.7 Å². The van der Waals surface area contributed by atoms with Gasteiger partial charge in [-0.25, -0.2) is 4.79 Å². The van der Waals surface area contributed by atoms with Crippen molar-refractivity contribution in [1.29, 1.82) is 0 Å². The summed E-state index contributed by atoms with van der Waals surface area (Å²) in [4.78, 5) is 23.4. The number of rotatable bonds is 6. The van der Waals surface area contributed by atoms with Crippen LogP contribution in [0.1, 0.15) is 56.2 Å². The number of hydrogen-bond donors (Lipinski definition) is 2. The average molecular weight is 281 g/mol. The van der Waals surface area contributed by atoms with Crippen LogP contribution in [0.5, 0.6) is 0 Å². The number of carbonyl (C=O) groups excluding carboxylic acids is 1. The maximum absolute atomic E-state index is 12.2. The first-order chi connectivity index (χ1) is 9.29. The van der Waals surface area contributed by atoms with Crippen molar-refractivity contribution in [3.05, 3.63) is 17.5 Å². The Morgan fingerprint density at radius 2 is 2.00 bits per heavy atom. The monoisotopic (exact) mass is 281 g/mol. The van der Waals surface area contributed by atoms with Gasteiger partial charge in [0.05, 0.1) is 11.8 Å². The number of hydrogen-bond acceptors (Lipinski definition) is 3. The molecule has 0 aliphatic carbocycles. The van der Waals surface area contributed by atoms with Gasteiger partial charge in [-0.15, -0.1) is 0 Å². The van der Waals surface area contributed by atoms with E-state index in [0.29, 0.717) is 12.0 Å². The molecular weight excluding hydrogens is 258 g/mol. The molecule has 1 aromatic heterocycles. The number of nitrogens with zero attached hydrogens (tertiary/aromatic N) is 2. The predicted octanol–water partition coefficient (Wildman–Crippen LogP) is 2.00. The quantitative estimate of drug-likeness (QED) is 0.835. The van der Waals surface area contributed by atoms with E-state index in [-0.39, 0.29) is 17.9 Å². The van der Waals surface area contributed by atoms with E-state index in [2.05, 4.69) is 10.4 Å². The Kier molecular flexibility index (Phi) is 5.30. The molecule has 0 fully saturated rings. The molecule has 112 valence electrons. The largest absolute Gasteiger partial charge is 0.480 e. The summed E-state index contributed by atoms with van der Waals surface area (Å²) in [5.41, 5.74) is 1.17. The lowest BCUT2D eigenvalue weighted by Gasteiger charge is -2.20. The Hall–Kier alpha value is -1.85. The molecule has 0 saturated carbocycles. The molecule has 20 heavy (non-hydrogen) atoms. The van der Waals surface area contributed by atoms with E-state index in [4.69, 9.17) is 0 Å². The second-order valence-corrected chi connectivity index (χ2v) is 5.36. The molecule has 1 amide bonds. The standard InChI is InChI=1S/C14H23N3O3/c1-6-9(4)12(14(19)20)16-13(18)11-7-15-17(8(2)3)10(11)5/h7-9,12H,6H2,1-5H3,(H,16,18)(H,19,20). The number of amides is 1. The normalized spacial score (nSPS) is 14.1. The third kappa shape index (κ3) is 3.37. The van der Waals surface area contributed by atoms with Crippen molar-refractivity contribution in [3.8, 4) is 0 Å². The number of aliphatic carboxylic acids is 1. The van der Waals surface area contributed by atoms with Crippen molar-refractivity contribution in [2.75, 3.05) is 0 Å². The summed E-state index contributed by atoms with van der Waals surface area (Å²) < 4.78 is 1.74. The van der Waals surface area contributed by atoms with E-state index in [0.717, 1.165) is 5.69 Å². The van der Waals surface area contributed by atoms with Gasteiger partial charge in [-0.2, -0.15) is 5.10 Å². The fourth-order valence-electron chi connectivity index (χ4n) is 2.07. The number of aromatic nitrogens is 2. The van der Waals surface area contributed by atoms with E-state index >= 15 is 0 Å². The summed E-state index contributed by atoms with van der Waals surface area (Å²) in [5.74, 6) is -1.53. The molecule has 0 aliphatic rings. The van der Waals surface area contributed by atoms with Gasteiger partial charge in [0.2, 0.25) is 0 Å². The van der Waals surface area contributed by atoms with Crippen LogP contribution in [-0.4, -0.2) is 32.8 Å². The Morgan fingerprint density at radius 3 is 2.40 bits per heavy atom. The highest BCUT2D eigenvalue weighted by atomic mass is 16.4. The van der Waals surface area contributed by atoms with E-state index in [1.807, 2.05) is 27.7 Å². The maximum Gasteiger partial charge on any atom is 0.326 e. The van der Waals surface area contributed by atoms with Crippen LogP contribution in [0.25, 0.3) is 0 Å². The molecule has 2 N–H and O–H groups in total. The zero-order valence-electron chi connectivity index (χ0n) is 12.7. The fraction of sp³-hybridized carbons (Fsp3) is 0.643. The highest BCUT2D eigenvalue weighted by molar-refractivity contribution is 5.97. The van der Waals surface area contributed by atoms with Crippen molar-refractivity contribution in [2.45, 2.75) is 53.1 Å². The minimum Gasteiger partial charge on any atom is -0.480 e. The van der Waals surface area contributed by atoms with Gasteiger partial charge in [-0.05, 0) is 26.7 Å². The number of nitrogens with one attached hydrogen (secondary N) is 1. The van der Waals surface area contributed by atoms with Gasteiger partial charge in [-0.1, -0.05) is 20.3 Å². The minimum absolute atomic E-state index is 0.128. The summed E-state index contributed by atoms with van der Waals surface area (Å²) in [6.45, 7) is 9.46. The van der Waals surface area contributed by atoms with Gasteiger partial charge in [0.15, 0.2) is 0 Å². The Balaban J connectivity index is 2.93. The lowest BCUT2D eigenvalue weighted by molar-refractivity contribution is -0.140. The van der Waals surface area contributed by atoms with Crippen LogP contribution in [0.4, 0.5) is 0 Å². The molecule has 0 bridgehead atoms. The first-order valence-electron chi connectivity index (χ1n) is 6.87. The summed E-state index contributed by atoms with van der Waals surface area (Å²) in [6, 6.07) is -0.726. The molecule has 0 spiro atoms. The molecule has 0 aromatic carbocycles. The van der Waals surface area contributed by atoms with Gasteiger partial charge in [0.25, 0.3) is 5.91 Å². The highest BCUT2D eigenvalue weighted by Crippen LogP contribution is 2.14. The summed E-state index contributed by atoms with van der Waals surface area (Å²) in [7, 11) is 0. The van der Waals surface area contributed by atoms with Gasteiger partial charge in [-0.3, -0.25) is 9.48 Å². The van der Waals surface area contributed by atoms with E-state index < -0.39 is 12.0 Å². The molecule has 2 atom stereocenters. The van der Waals surface area contributed by atoms with Crippen LogP contribution in [0.2, 0.25) is 0 Å². The second-order valence-electron chi connectivity index (χ2n) is 5.36. The van der Waals surface area contributed by atoms with Crippen molar-refractivity contribution in [3.63, 3.8) is 0 Å². The molecule has 2 unspecified atom stereocenters. The summed E-state index contributed by atoms with van der Waals surface area (Å²) >= 11 is 0. The molecule has 0 aliphatic heterocycles. The van der Waals surface area contributed by atoms with Crippen LogP contribution in [0.3, 0.4) is 0 Å². The van der Waals surface area contributed by atoms with Gasteiger partial charge in [0, 0.05) is 11.7 Å². The van der Waals surface area contributed by atoms with Gasteiger partial charge in [0.1, 0.15) is 6.04 Å². The number of carboxylic acids is 1. The molecule has 1 aromatic rings. The van der Waals surface area contributed by atoms with Crippen molar-refractivity contribution in [2.24, 2.45) is 5.92 Å². The summed E-state index contributed by atoms with van der Waals surface area (Å²) in [5, 5.41) is 15.9. The van der Waals surface area contributed by atoms with Crippen LogP contribution < -0.4 is 5.32 Å². The van der Waals surface area contributed by atoms with E-state index in [9.17, 15) is 14.7 Å². The highest BCUT2D eigenvalue weighted by Gasteiger charge is 2.27. The molecule has 6 heteroatoms. The summed E-state index contributed by atoms with van der Waals surface area (Å²) in [6.07, 6.45) is 2.17. The molecular formula is C14H23N3O3. The third-order valence-electron chi connectivity index (χ3n) is 3.54. The Labute approximate surface area is 119 Å². The van der Waals surface area contributed by atoms with E-state index in [1.54, 1.807) is 11.6 Å². The SMILES string of the molecule is CCC(C)C(NC(=O)c1cnn(C(C)C)c1C)C(=O)O. The maximum atomic E-state index is 12.2. The Morgan fingerprint density at radius 1 is 1.40 bits per heavy atom. The van der Waals surface area contributed by atoms with E-state index in [1.165, 1.54) is 6.20 Å². The smallest absolute Gasteiger partial charge is 0.326 e. The number of carbonyl (C=O) groups is 2. The molecule has 1 rings (SSSR count). The third-order valence-corrected chi connectivity index (χ3v) is 3.54. The van der Waals surface area contributed by atoms with Crippen LogP contribution >= 0.6 is 0 Å². The topological polar surface area (TPSA) is 84.2 Å². The van der Waals surface area contributed by atoms with Gasteiger partial charge >= 0.3 is 5.97 Å². The van der Waals surface area contributed by atoms with Crippen molar-refractivity contribution in [1.82, 2.24) is 15.1 Å². The van der Waals surface area contributed by atoms with Crippen LogP contribution in [-0.2, 0) is 4.79 Å². The predicted molar refractivity (Wildman–Crippen MR) is 75.7 cm³/mol. The second kappa shape index (κ2) is 6.54. The Bertz CT molecular complexity index is 494. The molecule has 6 nitrogen and oxygen atoms in total. The fourth-order valence-corrected chi connectivity index (χ4v) is 2.07.